The van der Waals surface area contributed by atoms with E-state index in [2.05, 4.69) is 4.98 Å². The van der Waals surface area contributed by atoms with Crippen LogP contribution in [0.2, 0.25) is 0 Å². The fourth-order valence-corrected chi connectivity index (χ4v) is 1.77. The minimum atomic E-state index is -0.00579. The maximum Gasteiger partial charge on any atom is 0.227 e. The number of amides is 1. The number of pyridine rings is 1. The van der Waals surface area contributed by atoms with Crippen LogP contribution in [0, 0.1) is 5.92 Å². The summed E-state index contributed by atoms with van der Waals surface area (Å²) in [6.07, 6.45) is 1.97. The van der Waals surface area contributed by atoms with Crippen LogP contribution in [0.5, 0.6) is 0 Å². The molecule has 3 N–H and O–H groups in total. The maximum absolute atomic E-state index is 11.6. The van der Waals surface area contributed by atoms with E-state index in [1.807, 2.05) is 0 Å². The van der Waals surface area contributed by atoms with E-state index >= 15 is 0 Å². The van der Waals surface area contributed by atoms with Crippen LogP contribution >= 0.6 is 0 Å². The SMILES string of the molecule is Nc1ncccc1N1CC(CO)CC1=O. The van der Waals surface area contributed by atoms with E-state index in [0.29, 0.717) is 24.5 Å². The third-order valence-corrected chi connectivity index (χ3v) is 2.57. The van der Waals surface area contributed by atoms with Crippen molar-refractivity contribution in [3.63, 3.8) is 0 Å². The number of nitrogen functional groups attached to an aromatic ring is 1. The van der Waals surface area contributed by atoms with Crippen molar-refractivity contribution < 1.29 is 9.90 Å². The Kier molecular flexibility index (Phi) is 2.55. The monoisotopic (exact) mass is 207 g/mol. The number of aromatic nitrogens is 1. The molecule has 1 fully saturated rings. The van der Waals surface area contributed by atoms with Gasteiger partial charge in [-0.3, -0.25) is 4.79 Å². The molecule has 0 saturated carbocycles. The van der Waals surface area contributed by atoms with E-state index in [0.717, 1.165) is 0 Å². The number of hydrogen-bond donors (Lipinski definition) is 2. The van der Waals surface area contributed by atoms with E-state index in [1.54, 1.807) is 23.2 Å². The number of aliphatic hydroxyl groups excluding tert-OH is 1. The number of hydrogen-bond acceptors (Lipinski definition) is 4. The Morgan fingerprint density at radius 3 is 3.07 bits per heavy atom. The summed E-state index contributed by atoms with van der Waals surface area (Å²) in [5, 5.41) is 8.99. The number of aliphatic hydroxyl groups is 1. The molecule has 1 atom stereocenters. The molecule has 15 heavy (non-hydrogen) atoms. The topological polar surface area (TPSA) is 79.4 Å². The summed E-state index contributed by atoms with van der Waals surface area (Å²) in [6.45, 7) is 0.549. The first-order chi connectivity index (χ1) is 7.22. The normalized spacial score (nSPS) is 21.0. The van der Waals surface area contributed by atoms with Gasteiger partial charge in [0.05, 0.1) is 5.69 Å². The fourth-order valence-electron chi connectivity index (χ4n) is 1.77. The van der Waals surface area contributed by atoms with Crippen molar-refractivity contribution in [1.29, 1.82) is 0 Å². The summed E-state index contributed by atoms with van der Waals surface area (Å²) in [5.41, 5.74) is 6.32. The molecule has 80 valence electrons. The molecule has 0 aliphatic carbocycles. The summed E-state index contributed by atoms with van der Waals surface area (Å²) in [6, 6.07) is 3.51. The van der Waals surface area contributed by atoms with Crippen molar-refractivity contribution in [1.82, 2.24) is 4.98 Å². The van der Waals surface area contributed by atoms with Gasteiger partial charge in [0.15, 0.2) is 0 Å². The molecule has 1 aromatic heterocycles. The first-order valence-corrected chi connectivity index (χ1v) is 4.84. The van der Waals surface area contributed by atoms with Crippen LogP contribution in [0.15, 0.2) is 18.3 Å². The third-order valence-electron chi connectivity index (χ3n) is 2.57. The lowest BCUT2D eigenvalue weighted by atomic mass is 10.1. The Labute approximate surface area is 87.5 Å². The van der Waals surface area contributed by atoms with Gasteiger partial charge in [0.25, 0.3) is 0 Å². The number of rotatable bonds is 2. The van der Waals surface area contributed by atoms with Crippen LogP contribution in [0.25, 0.3) is 0 Å². The van der Waals surface area contributed by atoms with E-state index in [1.165, 1.54) is 0 Å². The Balaban J connectivity index is 2.25. The summed E-state index contributed by atoms with van der Waals surface area (Å²) in [5.74, 6) is 0.357. The van der Waals surface area contributed by atoms with Gasteiger partial charge >= 0.3 is 0 Å². The predicted octanol–water partition coefficient (Wildman–Crippen LogP) is 0.00900. The van der Waals surface area contributed by atoms with Gasteiger partial charge in [0.2, 0.25) is 5.91 Å². The highest BCUT2D eigenvalue weighted by Crippen LogP contribution is 2.27. The molecule has 1 aliphatic rings. The highest BCUT2D eigenvalue weighted by atomic mass is 16.3. The summed E-state index contributed by atoms with van der Waals surface area (Å²) in [7, 11) is 0. The van der Waals surface area contributed by atoms with Crippen LogP contribution in [0.4, 0.5) is 11.5 Å². The molecule has 1 aliphatic heterocycles. The molecule has 2 heterocycles. The van der Waals surface area contributed by atoms with Gasteiger partial charge in [0, 0.05) is 31.7 Å². The van der Waals surface area contributed by atoms with Crippen LogP contribution in [-0.2, 0) is 4.79 Å². The average molecular weight is 207 g/mol. The standard InChI is InChI=1S/C10H13N3O2/c11-10-8(2-1-3-12-10)13-5-7(6-14)4-9(13)15/h1-3,7,14H,4-6H2,(H2,11,12). The van der Waals surface area contributed by atoms with Gasteiger partial charge in [0.1, 0.15) is 5.82 Å². The molecule has 1 amide bonds. The third kappa shape index (κ3) is 1.78. The molecule has 0 bridgehead atoms. The lowest BCUT2D eigenvalue weighted by Crippen LogP contribution is -2.26. The predicted molar refractivity (Wildman–Crippen MR) is 56.2 cm³/mol. The highest BCUT2D eigenvalue weighted by molar-refractivity contribution is 5.97. The van der Waals surface area contributed by atoms with Crippen molar-refractivity contribution in [2.75, 3.05) is 23.8 Å². The molecule has 5 nitrogen and oxygen atoms in total. The molecule has 2 rings (SSSR count). The minimum Gasteiger partial charge on any atom is -0.396 e. The van der Waals surface area contributed by atoms with E-state index in [4.69, 9.17) is 10.8 Å². The Morgan fingerprint density at radius 1 is 1.67 bits per heavy atom. The number of carbonyl (C=O) groups excluding carboxylic acids is 1. The second-order valence-electron chi connectivity index (χ2n) is 3.66. The first kappa shape index (κ1) is 9.92. The second kappa shape index (κ2) is 3.86. The summed E-state index contributed by atoms with van der Waals surface area (Å²) < 4.78 is 0. The van der Waals surface area contributed by atoms with E-state index in [-0.39, 0.29) is 18.4 Å². The van der Waals surface area contributed by atoms with Gasteiger partial charge < -0.3 is 15.7 Å². The molecule has 0 aromatic carbocycles. The van der Waals surface area contributed by atoms with Crippen LogP contribution < -0.4 is 10.6 Å². The van der Waals surface area contributed by atoms with Crippen molar-refractivity contribution >= 4 is 17.4 Å². The lowest BCUT2D eigenvalue weighted by Gasteiger charge is -2.17. The Morgan fingerprint density at radius 2 is 2.47 bits per heavy atom. The molecular weight excluding hydrogens is 194 g/mol. The summed E-state index contributed by atoms with van der Waals surface area (Å²) >= 11 is 0. The second-order valence-corrected chi connectivity index (χ2v) is 3.66. The van der Waals surface area contributed by atoms with Crippen molar-refractivity contribution in [2.45, 2.75) is 6.42 Å². The van der Waals surface area contributed by atoms with Crippen molar-refractivity contribution in [3.05, 3.63) is 18.3 Å². The molecule has 0 radical (unpaired) electrons. The Bertz CT molecular complexity index is 381. The minimum absolute atomic E-state index is 0.00579. The fraction of sp³-hybridized carbons (Fsp3) is 0.400. The smallest absolute Gasteiger partial charge is 0.227 e. The average Bonchev–Trinajstić information content (AvgIpc) is 2.60. The van der Waals surface area contributed by atoms with Gasteiger partial charge in [-0.2, -0.15) is 0 Å². The lowest BCUT2D eigenvalue weighted by molar-refractivity contribution is -0.117. The summed E-state index contributed by atoms with van der Waals surface area (Å²) in [4.78, 5) is 17.1. The van der Waals surface area contributed by atoms with Crippen LogP contribution in [0.3, 0.4) is 0 Å². The molecule has 5 heteroatoms. The van der Waals surface area contributed by atoms with Crippen LogP contribution in [-0.4, -0.2) is 29.1 Å². The van der Waals surface area contributed by atoms with Crippen molar-refractivity contribution in [3.8, 4) is 0 Å². The molecule has 0 spiro atoms. The number of carbonyl (C=O) groups is 1. The highest BCUT2D eigenvalue weighted by Gasteiger charge is 2.31. The Hall–Kier alpha value is -1.62. The molecular formula is C10H13N3O2. The number of anilines is 2. The van der Waals surface area contributed by atoms with Gasteiger partial charge in [-0.25, -0.2) is 4.98 Å². The van der Waals surface area contributed by atoms with E-state index < -0.39 is 0 Å². The van der Waals surface area contributed by atoms with Gasteiger partial charge in [-0.1, -0.05) is 0 Å². The quantitative estimate of drug-likeness (QED) is 0.716. The van der Waals surface area contributed by atoms with Gasteiger partial charge in [-0.15, -0.1) is 0 Å². The molecule has 1 aromatic rings. The number of nitrogens with zero attached hydrogens (tertiary/aromatic N) is 2. The van der Waals surface area contributed by atoms with Crippen LogP contribution in [0.1, 0.15) is 6.42 Å². The largest absolute Gasteiger partial charge is 0.396 e. The maximum atomic E-state index is 11.6. The zero-order valence-corrected chi connectivity index (χ0v) is 8.26. The van der Waals surface area contributed by atoms with E-state index in [9.17, 15) is 4.79 Å². The van der Waals surface area contributed by atoms with Crippen molar-refractivity contribution in [2.24, 2.45) is 5.92 Å². The van der Waals surface area contributed by atoms with Gasteiger partial charge in [-0.05, 0) is 12.1 Å². The zero-order chi connectivity index (χ0) is 10.8. The zero-order valence-electron chi connectivity index (χ0n) is 8.26. The first-order valence-electron chi connectivity index (χ1n) is 4.84. The molecule has 1 saturated heterocycles. The molecule has 1 unspecified atom stereocenters. The number of nitrogens with two attached hydrogens (primary N) is 1.